The Morgan fingerprint density at radius 2 is 0.902 bits per heavy atom. The molecular formula is C53H79N3O5. The lowest BCUT2D eigenvalue weighted by atomic mass is 10.0. The van der Waals surface area contributed by atoms with E-state index >= 15 is 0 Å². The van der Waals surface area contributed by atoms with Crippen LogP contribution in [-0.2, 0) is 9.47 Å². The standard InChI is InChI=1S/C53H79N3O5/c1-7-9-11-13-15-17-19-21-23-25-27-35-60-53(49(58)39-59-34-26-24-22-20-18-16-14-12-10-8-2)61-44-30-33-47(48(57)38-44)52-55-50(45-31-28-40(3)36-42(45)5)54-51(56-52)46-32-29-41(4)37-43(46)6/h28-33,36-38,49,53,57-58H,7-27,34-35,39H2,1-6H3. The van der Waals surface area contributed by atoms with Gasteiger partial charge in [-0.3, -0.25) is 0 Å². The number of hydrogen-bond acceptors (Lipinski definition) is 8. The van der Waals surface area contributed by atoms with Crippen LogP contribution in [0, 0.1) is 27.7 Å². The summed E-state index contributed by atoms with van der Waals surface area (Å²) in [5.74, 6) is 1.76. The van der Waals surface area contributed by atoms with Gasteiger partial charge in [0, 0.05) is 23.8 Å². The zero-order valence-electron chi connectivity index (χ0n) is 38.8. The molecule has 0 saturated carbocycles. The summed E-state index contributed by atoms with van der Waals surface area (Å²) in [5.41, 5.74) is 6.69. The lowest BCUT2D eigenvalue weighted by Gasteiger charge is -2.24. The summed E-state index contributed by atoms with van der Waals surface area (Å²) in [6.45, 7) is 13.9. The quantitative estimate of drug-likeness (QED) is 0.0370. The second-order valence-electron chi connectivity index (χ2n) is 17.3. The Kier molecular flexibility index (Phi) is 23.4. The van der Waals surface area contributed by atoms with Crippen LogP contribution in [0.1, 0.15) is 171 Å². The molecule has 4 rings (SSSR count). The highest BCUT2D eigenvalue weighted by molar-refractivity contribution is 5.72. The lowest BCUT2D eigenvalue weighted by molar-refractivity contribution is -0.162. The monoisotopic (exact) mass is 838 g/mol. The van der Waals surface area contributed by atoms with Gasteiger partial charge >= 0.3 is 0 Å². The van der Waals surface area contributed by atoms with Crippen LogP contribution in [0.5, 0.6) is 11.5 Å². The van der Waals surface area contributed by atoms with Crippen molar-refractivity contribution in [2.24, 2.45) is 0 Å². The fraction of sp³-hybridized carbons (Fsp3) is 0.604. The van der Waals surface area contributed by atoms with Crippen molar-refractivity contribution in [1.29, 1.82) is 0 Å². The number of ether oxygens (including phenoxy) is 3. The number of hydrogen-bond donors (Lipinski definition) is 2. The van der Waals surface area contributed by atoms with E-state index in [0.29, 0.717) is 42.0 Å². The van der Waals surface area contributed by atoms with Crippen molar-refractivity contribution < 1.29 is 24.4 Å². The van der Waals surface area contributed by atoms with Gasteiger partial charge in [0.25, 0.3) is 0 Å². The Morgan fingerprint density at radius 3 is 1.34 bits per heavy atom. The van der Waals surface area contributed by atoms with E-state index in [9.17, 15) is 10.2 Å². The van der Waals surface area contributed by atoms with E-state index in [4.69, 9.17) is 29.2 Å². The van der Waals surface area contributed by atoms with Gasteiger partial charge in [-0.1, -0.05) is 183 Å². The minimum Gasteiger partial charge on any atom is -0.507 e. The van der Waals surface area contributed by atoms with Gasteiger partial charge in [0.1, 0.15) is 17.6 Å². The van der Waals surface area contributed by atoms with Crippen molar-refractivity contribution >= 4 is 0 Å². The third-order valence-corrected chi connectivity index (χ3v) is 11.6. The molecule has 2 unspecified atom stereocenters. The van der Waals surface area contributed by atoms with Gasteiger partial charge in [0.05, 0.1) is 18.8 Å². The van der Waals surface area contributed by atoms with Crippen LogP contribution in [-0.4, -0.2) is 57.4 Å². The summed E-state index contributed by atoms with van der Waals surface area (Å²) in [6.07, 6.45) is 24.3. The molecule has 0 saturated heterocycles. The molecule has 61 heavy (non-hydrogen) atoms. The number of phenolic OH excluding ortho intramolecular Hbond substituents is 1. The van der Waals surface area contributed by atoms with Crippen molar-refractivity contribution in [2.75, 3.05) is 19.8 Å². The van der Waals surface area contributed by atoms with E-state index in [-0.39, 0.29) is 12.4 Å². The fourth-order valence-corrected chi connectivity index (χ4v) is 7.94. The van der Waals surface area contributed by atoms with E-state index in [1.54, 1.807) is 18.2 Å². The van der Waals surface area contributed by atoms with Crippen LogP contribution in [0.3, 0.4) is 0 Å². The molecule has 0 aliphatic carbocycles. The normalized spacial score (nSPS) is 12.5. The van der Waals surface area contributed by atoms with Crippen LogP contribution in [0.25, 0.3) is 34.2 Å². The molecule has 0 aliphatic rings. The molecule has 0 aliphatic heterocycles. The van der Waals surface area contributed by atoms with E-state index in [1.165, 1.54) is 109 Å². The molecule has 8 heteroatoms. The first-order valence-electron chi connectivity index (χ1n) is 24.0. The third-order valence-electron chi connectivity index (χ3n) is 11.6. The predicted molar refractivity (Wildman–Crippen MR) is 252 cm³/mol. The Hall–Kier alpha value is -3.85. The Balaban J connectivity index is 1.41. The second kappa shape index (κ2) is 28.7. The highest BCUT2D eigenvalue weighted by Gasteiger charge is 2.24. The van der Waals surface area contributed by atoms with Crippen molar-refractivity contribution in [3.63, 3.8) is 0 Å². The van der Waals surface area contributed by atoms with Gasteiger partial charge in [-0.15, -0.1) is 0 Å². The van der Waals surface area contributed by atoms with Crippen LogP contribution in [0.4, 0.5) is 0 Å². The average molecular weight is 838 g/mol. The summed E-state index contributed by atoms with van der Waals surface area (Å²) in [6, 6.07) is 17.5. The number of aliphatic hydroxyl groups excluding tert-OH is 1. The van der Waals surface area contributed by atoms with Crippen LogP contribution < -0.4 is 4.74 Å². The number of benzene rings is 3. The highest BCUT2D eigenvalue weighted by Crippen LogP contribution is 2.34. The Bertz CT molecular complexity index is 1760. The fourth-order valence-electron chi connectivity index (χ4n) is 7.94. The molecule has 2 N–H and O–H groups in total. The minimum absolute atomic E-state index is 0.0438. The molecule has 4 aromatic rings. The number of aryl methyl sites for hydroxylation is 4. The number of aromatic nitrogens is 3. The Labute approximate surface area is 369 Å². The molecule has 0 spiro atoms. The first kappa shape index (κ1) is 49.8. The largest absolute Gasteiger partial charge is 0.507 e. The molecule has 0 bridgehead atoms. The van der Waals surface area contributed by atoms with Gasteiger partial charge < -0.3 is 24.4 Å². The Morgan fingerprint density at radius 1 is 0.492 bits per heavy atom. The first-order chi connectivity index (χ1) is 29.7. The maximum Gasteiger partial charge on any atom is 0.228 e. The molecule has 336 valence electrons. The van der Waals surface area contributed by atoms with Gasteiger partial charge in [-0.05, 0) is 63.8 Å². The summed E-state index contributed by atoms with van der Waals surface area (Å²) in [5, 5.41) is 22.8. The van der Waals surface area contributed by atoms with Crippen molar-refractivity contribution in [2.45, 2.75) is 189 Å². The van der Waals surface area contributed by atoms with Gasteiger partial charge in [-0.2, -0.15) is 0 Å². The number of aliphatic hydroxyl groups is 1. The van der Waals surface area contributed by atoms with Crippen LogP contribution in [0.2, 0.25) is 0 Å². The minimum atomic E-state index is -0.998. The second-order valence-corrected chi connectivity index (χ2v) is 17.3. The maximum atomic E-state index is 11.5. The SMILES string of the molecule is CCCCCCCCCCCCCOC(Oc1ccc(-c2nc(-c3ccc(C)cc3C)nc(-c3ccc(C)cc3C)n2)c(O)c1)C(O)COCCCCCCCCCCCC. The van der Waals surface area contributed by atoms with Crippen LogP contribution in [0.15, 0.2) is 54.6 Å². The number of phenols is 1. The van der Waals surface area contributed by atoms with Crippen LogP contribution >= 0.6 is 0 Å². The molecule has 0 radical (unpaired) electrons. The predicted octanol–water partition coefficient (Wildman–Crippen LogP) is 14.1. The zero-order valence-corrected chi connectivity index (χ0v) is 38.8. The van der Waals surface area contributed by atoms with Gasteiger partial charge in [0.15, 0.2) is 17.5 Å². The zero-order chi connectivity index (χ0) is 43.7. The van der Waals surface area contributed by atoms with E-state index in [2.05, 4.69) is 65.8 Å². The first-order valence-corrected chi connectivity index (χ1v) is 24.0. The van der Waals surface area contributed by atoms with Crippen molar-refractivity contribution in [1.82, 2.24) is 15.0 Å². The van der Waals surface area contributed by atoms with E-state index in [1.807, 2.05) is 12.1 Å². The lowest BCUT2D eigenvalue weighted by Crippen LogP contribution is -2.38. The third kappa shape index (κ3) is 18.2. The van der Waals surface area contributed by atoms with Gasteiger partial charge in [0.2, 0.25) is 6.29 Å². The number of unbranched alkanes of at least 4 members (excludes halogenated alkanes) is 19. The summed E-state index contributed by atoms with van der Waals surface area (Å²) >= 11 is 0. The van der Waals surface area contributed by atoms with Crippen molar-refractivity contribution in [3.05, 3.63) is 76.9 Å². The van der Waals surface area contributed by atoms with Gasteiger partial charge in [-0.25, -0.2) is 15.0 Å². The molecule has 3 aromatic carbocycles. The number of rotatable bonds is 32. The summed E-state index contributed by atoms with van der Waals surface area (Å²) in [4.78, 5) is 14.7. The molecule has 1 aromatic heterocycles. The molecular weight excluding hydrogens is 759 g/mol. The number of nitrogens with zero attached hydrogens (tertiary/aromatic N) is 3. The molecule has 0 amide bonds. The maximum absolute atomic E-state index is 11.5. The van der Waals surface area contributed by atoms with E-state index in [0.717, 1.165) is 59.1 Å². The topological polar surface area (TPSA) is 107 Å². The molecule has 0 fully saturated rings. The van der Waals surface area contributed by atoms with E-state index < -0.39 is 12.4 Å². The molecule has 1 heterocycles. The highest BCUT2D eigenvalue weighted by atomic mass is 16.7. The molecule has 2 atom stereocenters. The summed E-state index contributed by atoms with van der Waals surface area (Å²) in [7, 11) is 0. The number of aromatic hydroxyl groups is 1. The smallest absolute Gasteiger partial charge is 0.228 e. The summed E-state index contributed by atoms with van der Waals surface area (Å²) < 4.78 is 18.4. The molecule has 8 nitrogen and oxygen atoms in total. The average Bonchev–Trinajstić information content (AvgIpc) is 3.23. The van der Waals surface area contributed by atoms with Crippen molar-refractivity contribution in [3.8, 4) is 45.7 Å².